The Morgan fingerprint density at radius 1 is 1.36 bits per heavy atom. The second kappa shape index (κ2) is 5.52. The molecule has 0 radical (unpaired) electrons. The van der Waals surface area contributed by atoms with Crippen LogP contribution in [0.3, 0.4) is 0 Å². The molecule has 118 valence electrons. The zero-order valence-electron chi connectivity index (χ0n) is 13.1. The first-order valence-corrected chi connectivity index (χ1v) is 7.97. The molecule has 2 aliphatic rings. The summed E-state index contributed by atoms with van der Waals surface area (Å²) in [6.07, 6.45) is 2.96. The van der Waals surface area contributed by atoms with Gasteiger partial charge in [-0.1, -0.05) is 6.92 Å². The van der Waals surface area contributed by atoms with E-state index in [0.717, 1.165) is 42.9 Å². The number of rotatable bonds is 4. The van der Waals surface area contributed by atoms with Crippen LogP contribution in [-0.4, -0.2) is 39.4 Å². The van der Waals surface area contributed by atoms with E-state index in [1.165, 1.54) is 6.42 Å². The molecule has 1 aliphatic carbocycles. The summed E-state index contributed by atoms with van der Waals surface area (Å²) in [7, 11) is 1.95. The standard InChI is InChI=1S/C16H22N4O2/c1-11-7-13(11)14-4-3-12(22-14)8-20-5-6-21-15(9-20)16-18-17-10-19(16)2/h3-4,10-11,13,15H,5-9H2,1-2H3/t11-,13+,15-/m1/s1. The first kappa shape index (κ1) is 14.0. The summed E-state index contributed by atoms with van der Waals surface area (Å²) in [6.45, 7) is 5.57. The zero-order valence-corrected chi connectivity index (χ0v) is 13.1. The third kappa shape index (κ3) is 2.68. The van der Waals surface area contributed by atoms with E-state index in [1.807, 2.05) is 11.6 Å². The zero-order chi connectivity index (χ0) is 15.1. The lowest BCUT2D eigenvalue weighted by atomic mass is 10.2. The van der Waals surface area contributed by atoms with Crippen molar-refractivity contribution >= 4 is 0 Å². The van der Waals surface area contributed by atoms with Crippen LogP contribution in [0.2, 0.25) is 0 Å². The average molecular weight is 302 g/mol. The van der Waals surface area contributed by atoms with Crippen LogP contribution in [0.15, 0.2) is 22.9 Å². The minimum Gasteiger partial charge on any atom is -0.464 e. The number of aromatic nitrogens is 3. The Balaban J connectivity index is 1.40. The van der Waals surface area contributed by atoms with Crippen molar-refractivity contribution in [3.8, 4) is 0 Å². The van der Waals surface area contributed by atoms with Crippen molar-refractivity contribution in [3.63, 3.8) is 0 Å². The van der Waals surface area contributed by atoms with Gasteiger partial charge in [0.05, 0.1) is 13.2 Å². The van der Waals surface area contributed by atoms with Crippen LogP contribution in [0.1, 0.15) is 42.7 Å². The van der Waals surface area contributed by atoms with Gasteiger partial charge in [0.15, 0.2) is 5.82 Å². The molecule has 2 fully saturated rings. The van der Waals surface area contributed by atoms with Crippen LogP contribution in [0.4, 0.5) is 0 Å². The fourth-order valence-corrected chi connectivity index (χ4v) is 3.20. The van der Waals surface area contributed by atoms with Gasteiger partial charge in [0.1, 0.15) is 24.0 Å². The summed E-state index contributed by atoms with van der Waals surface area (Å²) in [6, 6.07) is 4.26. The highest BCUT2D eigenvalue weighted by molar-refractivity contribution is 5.17. The lowest BCUT2D eigenvalue weighted by Gasteiger charge is -2.31. The van der Waals surface area contributed by atoms with Gasteiger partial charge in [-0.2, -0.15) is 0 Å². The molecule has 6 nitrogen and oxygen atoms in total. The van der Waals surface area contributed by atoms with E-state index < -0.39 is 0 Å². The molecule has 0 aromatic carbocycles. The summed E-state index contributed by atoms with van der Waals surface area (Å²) in [5.74, 6) is 4.51. The number of aryl methyl sites for hydroxylation is 1. The fourth-order valence-electron chi connectivity index (χ4n) is 3.20. The maximum Gasteiger partial charge on any atom is 0.163 e. The van der Waals surface area contributed by atoms with Crippen molar-refractivity contribution in [2.45, 2.75) is 31.9 Å². The van der Waals surface area contributed by atoms with Gasteiger partial charge in [0.2, 0.25) is 0 Å². The van der Waals surface area contributed by atoms with E-state index in [4.69, 9.17) is 9.15 Å². The molecule has 1 saturated heterocycles. The number of furan rings is 1. The van der Waals surface area contributed by atoms with Crippen molar-refractivity contribution in [1.29, 1.82) is 0 Å². The minimum atomic E-state index is -0.0147. The second-order valence-corrected chi connectivity index (χ2v) is 6.52. The highest BCUT2D eigenvalue weighted by Gasteiger charge is 2.36. The smallest absolute Gasteiger partial charge is 0.163 e. The summed E-state index contributed by atoms with van der Waals surface area (Å²) in [5, 5.41) is 8.10. The number of nitrogens with zero attached hydrogens (tertiary/aromatic N) is 4. The van der Waals surface area contributed by atoms with E-state index in [0.29, 0.717) is 12.5 Å². The van der Waals surface area contributed by atoms with Crippen LogP contribution < -0.4 is 0 Å². The number of hydrogen-bond acceptors (Lipinski definition) is 5. The molecule has 3 atom stereocenters. The summed E-state index contributed by atoms with van der Waals surface area (Å²) in [5.41, 5.74) is 0. The Labute approximate surface area is 130 Å². The van der Waals surface area contributed by atoms with Gasteiger partial charge in [-0.05, 0) is 24.5 Å². The average Bonchev–Trinajstić information content (AvgIpc) is 2.89. The van der Waals surface area contributed by atoms with E-state index in [-0.39, 0.29) is 6.10 Å². The first-order valence-electron chi connectivity index (χ1n) is 7.97. The molecule has 2 aromatic rings. The molecule has 0 amide bonds. The largest absolute Gasteiger partial charge is 0.464 e. The Hall–Kier alpha value is -1.66. The topological polar surface area (TPSA) is 56.3 Å². The molecule has 0 unspecified atom stereocenters. The lowest BCUT2D eigenvalue weighted by Crippen LogP contribution is -2.38. The van der Waals surface area contributed by atoms with Gasteiger partial charge in [-0.15, -0.1) is 10.2 Å². The normalized spacial score (nSPS) is 28.9. The van der Waals surface area contributed by atoms with Crippen molar-refractivity contribution < 1.29 is 9.15 Å². The maximum absolute atomic E-state index is 6.01. The predicted octanol–water partition coefficient (Wildman–Crippen LogP) is 2.10. The maximum atomic E-state index is 6.01. The third-order valence-electron chi connectivity index (χ3n) is 4.72. The van der Waals surface area contributed by atoms with Crippen LogP contribution >= 0.6 is 0 Å². The predicted molar refractivity (Wildman–Crippen MR) is 80.2 cm³/mol. The van der Waals surface area contributed by atoms with Crippen LogP contribution in [0.25, 0.3) is 0 Å². The monoisotopic (exact) mass is 302 g/mol. The SMILES string of the molecule is C[C@@H]1C[C@@H]1c1ccc(CN2CCO[C@@H](c3nncn3C)C2)o1. The van der Waals surface area contributed by atoms with Crippen molar-refractivity contribution in [2.24, 2.45) is 13.0 Å². The van der Waals surface area contributed by atoms with E-state index in [9.17, 15) is 0 Å². The van der Waals surface area contributed by atoms with E-state index in [2.05, 4.69) is 34.2 Å². The molecule has 0 bridgehead atoms. The number of ether oxygens (including phenoxy) is 1. The van der Waals surface area contributed by atoms with Crippen molar-refractivity contribution in [3.05, 3.63) is 35.8 Å². The quantitative estimate of drug-likeness (QED) is 0.866. The Morgan fingerprint density at radius 2 is 2.23 bits per heavy atom. The van der Waals surface area contributed by atoms with Crippen molar-refractivity contribution in [1.82, 2.24) is 19.7 Å². The highest BCUT2D eigenvalue weighted by Crippen LogP contribution is 2.47. The minimum absolute atomic E-state index is 0.0147. The van der Waals surface area contributed by atoms with E-state index in [1.54, 1.807) is 6.33 Å². The Kier molecular flexibility index (Phi) is 3.50. The third-order valence-corrected chi connectivity index (χ3v) is 4.72. The summed E-state index contributed by atoms with van der Waals surface area (Å²) >= 11 is 0. The molecule has 0 N–H and O–H groups in total. The molecular formula is C16H22N4O2. The highest BCUT2D eigenvalue weighted by atomic mass is 16.5. The lowest BCUT2D eigenvalue weighted by molar-refractivity contribution is -0.0403. The molecule has 4 rings (SSSR count). The van der Waals surface area contributed by atoms with Gasteiger partial charge < -0.3 is 13.7 Å². The first-order chi connectivity index (χ1) is 10.7. The molecule has 22 heavy (non-hydrogen) atoms. The van der Waals surface area contributed by atoms with Crippen LogP contribution in [0, 0.1) is 5.92 Å². The van der Waals surface area contributed by atoms with Crippen LogP contribution in [0.5, 0.6) is 0 Å². The van der Waals surface area contributed by atoms with Gasteiger partial charge in [-0.25, -0.2) is 0 Å². The molecule has 6 heteroatoms. The fraction of sp³-hybridized carbons (Fsp3) is 0.625. The second-order valence-electron chi connectivity index (χ2n) is 6.52. The van der Waals surface area contributed by atoms with Crippen molar-refractivity contribution in [2.75, 3.05) is 19.7 Å². The van der Waals surface area contributed by atoms with Gasteiger partial charge in [0, 0.05) is 26.1 Å². The molecular weight excluding hydrogens is 280 g/mol. The van der Waals surface area contributed by atoms with Gasteiger partial charge >= 0.3 is 0 Å². The Bertz CT molecular complexity index is 650. The molecule has 1 saturated carbocycles. The van der Waals surface area contributed by atoms with Gasteiger partial charge in [0.25, 0.3) is 0 Å². The molecule has 2 aromatic heterocycles. The van der Waals surface area contributed by atoms with E-state index >= 15 is 0 Å². The van der Waals surface area contributed by atoms with Gasteiger partial charge in [-0.3, -0.25) is 4.90 Å². The molecule has 0 spiro atoms. The molecule has 3 heterocycles. The Morgan fingerprint density at radius 3 is 2.95 bits per heavy atom. The summed E-state index contributed by atoms with van der Waals surface area (Å²) in [4.78, 5) is 2.36. The summed E-state index contributed by atoms with van der Waals surface area (Å²) < 4.78 is 13.8. The van der Waals surface area contributed by atoms with Crippen LogP contribution in [-0.2, 0) is 18.3 Å². The molecule has 1 aliphatic heterocycles. The number of morpholine rings is 1. The number of hydrogen-bond donors (Lipinski definition) is 0.